The normalized spacial score (nSPS) is 20.3. The summed E-state index contributed by atoms with van der Waals surface area (Å²) in [6, 6.07) is -0.0961. The molecule has 1 N–H and O–H groups in total. The Balaban J connectivity index is 2.19. The predicted octanol–water partition coefficient (Wildman–Crippen LogP) is 0.160. The lowest BCUT2D eigenvalue weighted by Gasteiger charge is -2.32. The number of aromatic carboxylic acids is 1. The van der Waals surface area contributed by atoms with Crippen LogP contribution in [0.25, 0.3) is 0 Å². The summed E-state index contributed by atoms with van der Waals surface area (Å²) in [5.74, 6) is -1.04. The molecule has 1 fully saturated rings. The molecule has 7 heteroatoms. The van der Waals surface area contributed by atoms with E-state index in [0.29, 0.717) is 6.54 Å². The average molecular weight is 238 g/mol. The largest absolute Gasteiger partial charge is 0.476 e. The second-order valence-electron chi connectivity index (χ2n) is 4.13. The van der Waals surface area contributed by atoms with Gasteiger partial charge < -0.3 is 10.0 Å². The van der Waals surface area contributed by atoms with Crippen molar-refractivity contribution in [2.75, 3.05) is 13.1 Å². The van der Waals surface area contributed by atoms with Gasteiger partial charge in [0.05, 0.1) is 12.2 Å². The fourth-order valence-electron chi connectivity index (χ4n) is 2.11. The van der Waals surface area contributed by atoms with E-state index in [1.165, 1.54) is 17.8 Å². The van der Waals surface area contributed by atoms with E-state index < -0.39 is 5.97 Å². The van der Waals surface area contributed by atoms with Crippen LogP contribution in [0.2, 0.25) is 0 Å². The molecule has 17 heavy (non-hydrogen) atoms. The fraction of sp³-hybridized carbons (Fsp3) is 0.600. The molecule has 1 aliphatic rings. The molecule has 0 aromatic carbocycles. The molecule has 0 radical (unpaired) electrons. The zero-order valence-corrected chi connectivity index (χ0v) is 9.54. The smallest absolute Gasteiger partial charge is 0.355 e. The molecule has 2 rings (SSSR count). The van der Waals surface area contributed by atoms with E-state index in [-0.39, 0.29) is 17.6 Å². The minimum Gasteiger partial charge on any atom is -0.476 e. The highest BCUT2D eigenvalue weighted by molar-refractivity contribution is 5.85. The molecule has 1 amide bonds. The molecule has 1 unspecified atom stereocenters. The molecule has 0 bridgehead atoms. The van der Waals surface area contributed by atoms with Crippen LogP contribution in [-0.4, -0.2) is 50.0 Å². The number of carboxylic acids is 1. The van der Waals surface area contributed by atoms with Gasteiger partial charge in [-0.05, 0) is 12.8 Å². The van der Waals surface area contributed by atoms with Crippen LogP contribution in [-0.2, 0) is 4.79 Å². The molecular weight excluding hydrogens is 224 g/mol. The van der Waals surface area contributed by atoms with Crippen molar-refractivity contribution in [3.8, 4) is 0 Å². The van der Waals surface area contributed by atoms with E-state index >= 15 is 0 Å². The van der Waals surface area contributed by atoms with Crippen LogP contribution in [0.3, 0.4) is 0 Å². The molecule has 92 valence electrons. The van der Waals surface area contributed by atoms with Gasteiger partial charge in [-0.15, -0.1) is 5.10 Å². The molecule has 0 spiro atoms. The van der Waals surface area contributed by atoms with Crippen molar-refractivity contribution in [1.82, 2.24) is 19.9 Å². The SMILES string of the molecule is CC(=O)N1CCCC(n2nncc2C(=O)O)C1. The van der Waals surface area contributed by atoms with Crippen molar-refractivity contribution in [3.05, 3.63) is 11.9 Å². The summed E-state index contributed by atoms with van der Waals surface area (Å²) >= 11 is 0. The lowest BCUT2D eigenvalue weighted by Crippen LogP contribution is -2.40. The quantitative estimate of drug-likeness (QED) is 0.792. The Bertz CT molecular complexity index is 443. The van der Waals surface area contributed by atoms with Crippen molar-refractivity contribution in [2.45, 2.75) is 25.8 Å². The number of hydrogen-bond acceptors (Lipinski definition) is 4. The van der Waals surface area contributed by atoms with E-state index in [9.17, 15) is 9.59 Å². The van der Waals surface area contributed by atoms with Gasteiger partial charge in [-0.2, -0.15) is 0 Å². The second kappa shape index (κ2) is 4.52. The van der Waals surface area contributed by atoms with Crippen LogP contribution < -0.4 is 0 Å². The van der Waals surface area contributed by atoms with Crippen LogP contribution in [0.1, 0.15) is 36.3 Å². The average Bonchev–Trinajstić information content (AvgIpc) is 2.78. The van der Waals surface area contributed by atoms with Crippen molar-refractivity contribution >= 4 is 11.9 Å². The third kappa shape index (κ3) is 2.27. The first-order valence-electron chi connectivity index (χ1n) is 5.48. The van der Waals surface area contributed by atoms with E-state index in [1.807, 2.05) is 0 Å². The molecule has 1 saturated heterocycles. The number of aromatic nitrogens is 3. The zero-order chi connectivity index (χ0) is 12.4. The molecule has 2 heterocycles. The summed E-state index contributed by atoms with van der Waals surface area (Å²) in [4.78, 5) is 24.0. The fourth-order valence-corrected chi connectivity index (χ4v) is 2.11. The predicted molar refractivity (Wildman–Crippen MR) is 57.5 cm³/mol. The third-order valence-electron chi connectivity index (χ3n) is 2.98. The maximum Gasteiger partial charge on any atom is 0.355 e. The van der Waals surface area contributed by atoms with Gasteiger partial charge in [0.2, 0.25) is 5.91 Å². The van der Waals surface area contributed by atoms with Crippen LogP contribution >= 0.6 is 0 Å². The Kier molecular flexibility index (Phi) is 3.08. The molecule has 1 atom stereocenters. The first-order chi connectivity index (χ1) is 8.09. The number of likely N-dealkylation sites (tertiary alicyclic amines) is 1. The first-order valence-corrected chi connectivity index (χ1v) is 5.48. The Morgan fingerprint density at radius 1 is 1.53 bits per heavy atom. The lowest BCUT2D eigenvalue weighted by atomic mass is 10.1. The van der Waals surface area contributed by atoms with E-state index in [4.69, 9.17) is 5.11 Å². The summed E-state index contributed by atoms with van der Waals surface area (Å²) in [6.45, 7) is 2.74. The minimum absolute atomic E-state index is 0.00619. The number of carboxylic acid groups (broad SMARTS) is 1. The molecule has 0 aliphatic carbocycles. The monoisotopic (exact) mass is 238 g/mol. The highest BCUT2D eigenvalue weighted by Crippen LogP contribution is 2.21. The van der Waals surface area contributed by atoms with Gasteiger partial charge >= 0.3 is 5.97 Å². The third-order valence-corrected chi connectivity index (χ3v) is 2.98. The van der Waals surface area contributed by atoms with E-state index in [1.54, 1.807) is 4.90 Å². The van der Waals surface area contributed by atoms with Crippen molar-refractivity contribution < 1.29 is 14.7 Å². The van der Waals surface area contributed by atoms with Gasteiger partial charge in [-0.25, -0.2) is 9.48 Å². The van der Waals surface area contributed by atoms with Gasteiger partial charge in [0, 0.05) is 20.0 Å². The van der Waals surface area contributed by atoms with Crippen molar-refractivity contribution in [1.29, 1.82) is 0 Å². The van der Waals surface area contributed by atoms with Crippen LogP contribution in [0, 0.1) is 0 Å². The number of carbonyl (C=O) groups is 2. The Labute approximate surface area is 98.0 Å². The van der Waals surface area contributed by atoms with Crippen LogP contribution in [0.15, 0.2) is 6.20 Å². The Morgan fingerprint density at radius 2 is 2.29 bits per heavy atom. The Hall–Kier alpha value is -1.92. The first kappa shape index (κ1) is 11.6. The maximum absolute atomic E-state index is 11.3. The number of hydrogen-bond donors (Lipinski definition) is 1. The van der Waals surface area contributed by atoms with Crippen LogP contribution in [0.5, 0.6) is 0 Å². The second-order valence-corrected chi connectivity index (χ2v) is 4.13. The molecule has 1 aromatic heterocycles. The maximum atomic E-state index is 11.3. The molecule has 1 aromatic rings. The lowest BCUT2D eigenvalue weighted by molar-refractivity contribution is -0.130. The zero-order valence-electron chi connectivity index (χ0n) is 9.54. The Morgan fingerprint density at radius 3 is 2.94 bits per heavy atom. The summed E-state index contributed by atoms with van der Waals surface area (Å²) in [6.07, 6.45) is 2.89. The highest BCUT2D eigenvalue weighted by Gasteiger charge is 2.26. The van der Waals surface area contributed by atoms with Crippen LogP contribution in [0.4, 0.5) is 0 Å². The number of carbonyl (C=O) groups excluding carboxylic acids is 1. The topological polar surface area (TPSA) is 88.3 Å². The molecule has 1 aliphatic heterocycles. The number of amides is 1. The van der Waals surface area contributed by atoms with Gasteiger partial charge in [0.25, 0.3) is 0 Å². The standard InChI is InChI=1S/C10H14N4O3/c1-7(15)13-4-2-3-8(6-13)14-9(10(16)17)5-11-12-14/h5,8H,2-4,6H2,1H3,(H,16,17). The van der Waals surface area contributed by atoms with E-state index in [2.05, 4.69) is 10.3 Å². The number of rotatable bonds is 2. The van der Waals surface area contributed by atoms with Gasteiger partial charge in [-0.3, -0.25) is 4.79 Å². The molecule has 0 saturated carbocycles. The van der Waals surface area contributed by atoms with E-state index in [0.717, 1.165) is 19.4 Å². The summed E-state index contributed by atoms with van der Waals surface area (Å²) < 4.78 is 1.40. The molecular formula is C10H14N4O3. The number of nitrogens with zero attached hydrogens (tertiary/aromatic N) is 4. The van der Waals surface area contributed by atoms with Gasteiger partial charge in [0.1, 0.15) is 0 Å². The number of piperidine rings is 1. The summed E-state index contributed by atoms with van der Waals surface area (Å²) in [5, 5.41) is 16.4. The van der Waals surface area contributed by atoms with Gasteiger partial charge in [-0.1, -0.05) is 5.21 Å². The van der Waals surface area contributed by atoms with Crippen molar-refractivity contribution in [3.63, 3.8) is 0 Å². The van der Waals surface area contributed by atoms with Crippen molar-refractivity contribution in [2.24, 2.45) is 0 Å². The summed E-state index contributed by atoms with van der Waals surface area (Å²) in [7, 11) is 0. The highest BCUT2D eigenvalue weighted by atomic mass is 16.4. The molecule has 7 nitrogen and oxygen atoms in total. The summed E-state index contributed by atoms with van der Waals surface area (Å²) in [5.41, 5.74) is 0.0698. The minimum atomic E-state index is -1.05. The van der Waals surface area contributed by atoms with Gasteiger partial charge in [0.15, 0.2) is 5.69 Å².